The van der Waals surface area contributed by atoms with Crippen molar-refractivity contribution < 1.29 is 0 Å². The minimum Gasteiger partial charge on any atom is -0.316 e. The Morgan fingerprint density at radius 2 is 1.67 bits per heavy atom. The van der Waals surface area contributed by atoms with Crippen LogP contribution in [-0.2, 0) is 0 Å². The molecule has 92 valence electrons. The van der Waals surface area contributed by atoms with Gasteiger partial charge in [0.1, 0.15) is 0 Å². The van der Waals surface area contributed by atoms with Gasteiger partial charge in [0.05, 0.1) is 0 Å². The van der Waals surface area contributed by atoms with Crippen LogP contribution >= 0.6 is 0 Å². The van der Waals surface area contributed by atoms with Crippen LogP contribution in [0.3, 0.4) is 0 Å². The zero-order chi connectivity index (χ0) is 11.8. The molecule has 2 heteroatoms. The average Bonchev–Trinajstić information content (AvgIpc) is 2.15. The van der Waals surface area contributed by atoms with Crippen LogP contribution in [0.4, 0.5) is 0 Å². The van der Waals surface area contributed by atoms with E-state index in [1.54, 1.807) is 0 Å². The molecule has 0 heterocycles. The Bertz CT molecular complexity index is 145. The molecule has 0 aliphatic rings. The lowest BCUT2D eigenvalue weighted by Gasteiger charge is -2.27. The van der Waals surface area contributed by atoms with E-state index in [2.05, 4.69) is 51.9 Å². The Morgan fingerprint density at radius 3 is 2.13 bits per heavy atom. The van der Waals surface area contributed by atoms with Crippen LogP contribution in [0.2, 0.25) is 0 Å². The van der Waals surface area contributed by atoms with Crippen LogP contribution < -0.4 is 5.32 Å². The lowest BCUT2D eigenvalue weighted by atomic mass is 10.1. The topological polar surface area (TPSA) is 15.3 Å². The smallest absolute Gasteiger partial charge is 0.00613 e. The maximum atomic E-state index is 3.52. The van der Waals surface area contributed by atoms with E-state index in [0.29, 0.717) is 6.04 Å². The van der Waals surface area contributed by atoms with Gasteiger partial charge in [0.2, 0.25) is 0 Å². The van der Waals surface area contributed by atoms with Gasteiger partial charge < -0.3 is 10.2 Å². The van der Waals surface area contributed by atoms with Gasteiger partial charge in [-0.15, -0.1) is 0 Å². The average molecular weight is 214 g/mol. The quantitative estimate of drug-likeness (QED) is 0.668. The maximum Gasteiger partial charge on any atom is 0.00613 e. The summed E-state index contributed by atoms with van der Waals surface area (Å²) in [6.45, 7) is 14.9. The molecule has 0 rings (SSSR count). The predicted octanol–water partition coefficient (Wildman–Crippen LogP) is 2.60. The number of hydrogen-bond acceptors (Lipinski definition) is 2. The molecule has 2 unspecified atom stereocenters. The highest BCUT2D eigenvalue weighted by Gasteiger charge is 2.10. The van der Waals surface area contributed by atoms with E-state index >= 15 is 0 Å². The molecule has 0 aromatic heterocycles. The second-order valence-electron chi connectivity index (χ2n) is 5.35. The van der Waals surface area contributed by atoms with Gasteiger partial charge in [-0.3, -0.25) is 0 Å². The van der Waals surface area contributed by atoms with E-state index in [4.69, 9.17) is 0 Å². The Hall–Kier alpha value is -0.0800. The Kier molecular flexibility index (Phi) is 8.07. The molecule has 0 saturated carbocycles. The highest BCUT2D eigenvalue weighted by Crippen LogP contribution is 2.04. The predicted molar refractivity (Wildman–Crippen MR) is 69.3 cm³/mol. The summed E-state index contributed by atoms with van der Waals surface area (Å²) < 4.78 is 0. The molecule has 1 N–H and O–H groups in total. The first-order valence-corrected chi connectivity index (χ1v) is 6.38. The first-order chi connectivity index (χ1) is 6.97. The summed E-state index contributed by atoms with van der Waals surface area (Å²) in [6.07, 6.45) is 1.24. The Balaban J connectivity index is 3.59. The third kappa shape index (κ3) is 7.80. The highest BCUT2D eigenvalue weighted by molar-refractivity contribution is 4.66. The molecule has 15 heavy (non-hydrogen) atoms. The number of nitrogens with zero attached hydrogens (tertiary/aromatic N) is 1. The zero-order valence-corrected chi connectivity index (χ0v) is 11.5. The third-order valence-corrected chi connectivity index (χ3v) is 2.99. The Morgan fingerprint density at radius 1 is 1.07 bits per heavy atom. The van der Waals surface area contributed by atoms with Crippen LogP contribution in [0, 0.1) is 11.8 Å². The van der Waals surface area contributed by atoms with Crippen molar-refractivity contribution in [3.05, 3.63) is 0 Å². The van der Waals surface area contributed by atoms with Gasteiger partial charge >= 0.3 is 0 Å². The lowest BCUT2D eigenvalue weighted by Crippen LogP contribution is -2.36. The molecule has 0 amide bonds. The summed E-state index contributed by atoms with van der Waals surface area (Å²) in [5, 5.41) is 3.52. The van der Waals surface area contributed by atoms with Gasteiger partial charge in [-0.05, 0) is 45.3 Å². The molecule has 0 saturated heterocycles. The number of rotatable bonds is 8. The van der Waals surface area contributed by atoms with Gasteiger partial charge in [0.15, 0.2) is 0 Å². The van der Waals surface area contributed by atoms with E-state index in [1.807, 2.05) is 0 Å². The van der Waals surface area contributed by atoms with Crippen LogP contribution in [0.25, 0.3) is 0 Å². The molecule has 0 fully saturated rings. The van der Waals surface area contributed by atoms with Crippen LogP contribution in [0.5, 0.6) is 0 Å². The SMILES string of the molecule is CCC(C)N(C)CC(C)CNCC(C)C. The maximum absolute atomic E-state index is 3.52. The second kappa shape index (κ2) is 8.12. The van der Waals surface area contributed by atoms with Crippen molar-refractivity contribution in [2.75, 3.05) is 26.7 Å². The summed E-state index contributed by atoms with van der Waals surface area (Å²) in [5.41, 5.74) is 0. The fourth-order valence-corrected chi connectivity index (χ4v) is 1.67. The lowest BCUT2D eigenvalue weighted by molar-refractivity contribution is 0.216. The van der Waals surface area contributed by atoms with Gasteiger partial charge in [-0.2, -0.15) is 0 Å². The molecule has 0 aliphatic carbocycles. The van der Waals surface area contributed by atoms with Crippen molar-refractivity contribution in [1.29, 1.82) is 0 Å². The van der Waals surface area contributed by atoms with Crippen LogP contribution in [0.1, 0.15) is 41.0 Å². The molecule has 2 nitrogen and oxygen atoms in total. The number of nitrogens with one attached hydrogen (secondary N) is 1. The molecule has 0 spiro atoms. The van der Waals surface area contributed by atoms with Crippen molar-refractivity contribution in [1.82, 2.24) is 10.2 Å². The normalized spacial score (nSPS) is 16.0. The standard InChI is InChI=1S/C13H30N2/c1-7-13(5)15(6)10-12(4)9-14-8-11(2)3/h11-14H,7-10H2,1-6H3. The van der Waals surface area contributed by atoms with Crippen LogP contribution in [-0.4, -0.2) is 37.6 Å². The van der Waals surface area contributed by atoms with Crippen LogP contribution in [0.15, 0.2) is 0 Å². The fraction of sp³-hybridized carbons (Fsp3) is 1.00. The van der Waals surface area contributed by atoms with Gasteiger partial charge in [0, 0.05) is 12.6 Å². The van der Waals surface area contributed by atoms with E-state index in [9.17, 15) is 0 Å². The largest absolute Gasteiger partial charge is 0.316 e. The summed E-state index contributed by atoms with van der Waals surface area (Å²) in [4.78, 5) is 2.46. The van der Waals surface area contributed by atoms with Crippen molar-refractivity contribution in [2.45, 2.75) is 47.1 Å². The van der Waals surface area contributed by atoms with E-state index < -0.39 is 0 Å². The van der Waals surface area contributed by atoms with E-state index in [0.717, 1.165) is 24.9 Å². The van der Waals surface area contributed by atoms with Gasteiger partial charge in [-0.1, -0.05) is 27.7 Å². The Labute approximate surface area is 96.4 Å². The first-order valence-electron chi connectivity index (χ1n) is 6.38. The molecular formula is C13H30N2. The van der Waals surface area contributed by atoms with Gasteiger partial charge in [-0.25, -0.2) is 0 Å². The highest BCUT2D eigenvalue weighted by atomic mass is 15.1. The molecule has 2 atom stereocenters. The second-order valence-corrected chi connectivity index (χ2v) is 5.35. The number of hydrogen-bond donors (Lipinski definition) is 1. The van der Waals surface area contributed by atoms with E-state index in [1.165, 1.54) is 13.0 Å². The summed E-state index contributed by atoms with van der Waals surface area (Å²) in [5.74, 6) is 1.49. The molecule has 0 aromatic carbocycles. The summed E-state index contributed by atoms with van der Waals surface area (Å²) in [7, 11) is 2.23. The molecule has 0 aliphatic heterocycles. The monoisotopic (exact) mass is 214 g/mol. The first kappa shape index (κ1) is 14.9. The van der Waals surface area contributed by atoms with Crippen molar-refractivity contribution in [2.24, 2.45) is 11.8 Å². The zero-order valence-electron chi connectivity index (χ0n) is 11.5. The van der Waals surface area contributed by atoms with Crippen molar-refractivity contribution >= 4 is 0 Å². The summed E-state index contributed by atoms with van der Waals surface area (Å²) >= 11 is 0. The third-order valence-electron chi connectivity index (χ3n) is 2.99. The molecule has 0 radical (unpaired) electrons. The molecule has 0 aromatic rings. The van der Waals surface area contributed by atoms with E-state index in [-0.39, 0.29) is 0 Å². The van der Waals surface area contributed by atoms with Gasteiger partial charge in [0.25, 0.3) is 0 Å². The molecule has 0 bridgehead atoms. The summed E-state index contributed by atoms with van der Waals surface area (Å²) in [6, 6.07) is 0.706. The minimum absolute atomic E-state index is 0.706. The van der Waals surface area contributed by atoms with Crippen molar-refractivity contribution in [3.8, 4) is 0 Å². The van der Waals surface area contributed by atoms with Crippen molar-refractivity contribution in [3.63, 3.8) is 0 Å². The minimum atomic E-state index is 0.706. The molecular weight excluding hydrogens is 184 g/mol. The fourth-order valence-electron chi connectivity index (χ4n) is 1.67.